The van der Waals surface area contributed by atoms with Crippen LogP contribution >= 0.6 is 27.3 Å². The molecule has 1 nitrogen and oxygen atoms in total. The van der Waals surface area contributed by atoms with E-state index >= 15 is 0 Å². The minimum absolute atomic E-state index is 0.400. The van der Waals surface area contributed by atoms with Gasteiger partial charge in [0.2, 0.25) is 0 Å². The van der Waals surface area contributed by atoms with Crippen molar-refractivity contribution >= 4 is 27.3 Å². The highest BCUT2D eigenvalue weighted by Gasteiger charge is 2.16. The van der Waals surface area contributed by atoms with E-state index in [2.05, 4.69) is 71.7 Å². The number of rotatable bonds is 5. The molecule has 1 atom stereocenters. The van der Waals surface area contributed by atoms with Gasteiger partial charge in [0.05, 0.1) is 0 Å². The minimum Gasteiger partial charge on any atom is -0.310 e. The molecule has 2 aromatic rings. The molecular formula is C16H20BrNS. The lowest BCUT2D eigenvalue weighted by molar-refractivity contribution is 0.548. The molecule has 2 rings (SSSR count). The number of hydrogen-bond acceptors (Lipinski definition) is 2. The Morgan fingerprint density at radius 1 is 1.26 bits per heavy atom. The smallest absolute Gasteiger partial charge is 0.0373 e. The molecule has 0 fully saturated rings. The van der Waals surface area contributed by atoms with E-state index in [4.69, 9.17) is 0 Å². The Balaban J connectivity index is 2.29. The van der Waals surface area contributed by atoms with Crippen LogP contribution in [0.4, 0.5) is 0 Å². The van der Waals surface area contributed by atoms with Gasteiger partial charge in [-0.05, 0) is 59.1 Å². The van der Waals surface area contributed by atoms with Gasteiger partial charge in [0.15, 0.2) is 0 Å². The third-order valence-electron chi connectivity index (χ3n) is 3.37. The van der Waals surface area contributed by atoms with E-state index < -0.39 is 0 Å². The van der Waals surface area contributed by atoms with Crippen molar-refractivity contribution < 1.29 is 0 Å². The van der Waals surface area contributed by atoms with Crippen LogP contribution in [-0.2, 0) is 6.42 Å². The van der Waals surface area contributed by atoms with Gasteiger partial charge in [-0.15, -0.1) is 11.3 Å². The van der Waals surface area contributed by atoms with E-state index in [0.29, 0.717) is 6.04 Å². The molecule has 0 aliphatic rings. The van der Waals surface area contributed by atoms with Crippen LogP contribution in [0.15, 0.2) is 34.1 Å². The first-order chi connectivity index (χ1) is 9.11. The van der Waals surface area contributed by atoms with Gasteiger partial charge in [-0.2, -0.15) is 0 Å². The summed E-state index contributed by atoms with van der Waals surface area (Å²) in [6.45, 7) is 7.57. The maximum absolute atomic E-state index is 3.63. The van der Waals surface area contributed by atoms with Crippen LogP contribution < -0.4 is 5.32 Å². The zero-order valence-corrected chi connectivity index (χ0v) is 14.1. The average molecular weight is 338 g/mol. The summed E-state index contributed by atoms with van der Waals surface area (Å²) in [4.78, 5) is 1.42. The Kier molecular flexibility index (Phi) is 5.20. The topological polar surface area (TPSA) is 12.0 Å². The zero-order valence-electron chi connectivity index (χ0n) is 11.7. The molecule has 0 aliphatic heterocycles. The molecule has 0 amide bonds. The normalized spacial score (nSPS) is 12.6. The molecule has 0 spiro atoms. The minimum atomic E-state index is 0.400. The maximum Gasteiger partial charge on any atom is 0.0373 e. The van der Waals surface area contributed by atoms with Gasteiger partial charge in [-0.1, -0.05) is 25.1 Å². The molecule has 0 saturated carbocycles. The number of nitrogens with one attached hydrogen (secondary N) is 1. The van der Waals surface area contributed by atoms with Crippen molar-refractivity contribution in [3.8, 4) is 0 Å². The van der Waals surface area contributed by atoms with Gasteiger partial charge in [0, 0.05) is 27.2 Å². The molecule has 1 unspecified atom stereocenters. The highest BCUT2D eigenvalue weighted by atomic mass is 79.9. The largest absolute Gasteiger partial charge is 0.310 e. The van der Waals surface area contributed by atoms with Crippen LogP contribution in [0.2, 0.25) is 0 Å². The van der Waals surface area contributed by atoms with E-state index in [1.165, 1.54) is 26.0 Å². The second-order valence-electron chi connectivity index (χ2n) is 4.85. The SMILES string of the molecule is CCNC(Cc1cc(Br)cs1)c1c(C)cccc1C. The van der Waals surface area contributed by atoms with Gasteiger partial charge in [-0.25, -0.2) is 0 Å². The van der Waals surface area contributed by atoms with E-state index in [9.17, 15) is 0 Å². The first-order valence-corrected chi connectivity index (χ1v) is 8.31. The van der Waals surface area contributed by atoms with E-state index in [-0.39, 0.29) is 0 Å². The second kappa shape index (κ2) is 6.69. The molecule has 19 heavy (non-hydrogen) atoms. The van der Waals surface area contributed by atoms with Crippen molar-refractivity contribution in [1.82, 2.24) is 5.32 Å². The molecule has 3 heteroatoms. The molecule has 1 aromatic heterocycles. The summed E-state index contributed by atoms with van der Waals surface area (Å²) < 4.78 is 1.18. The number of aryl methyl sites for hydroxylation is 2. The summed E-state index contributed by atoms with van der Waals surface area (Å²) in [6, 6.07) is 9.17. The first kappa shape index (κ1) is 14.8. The van der Waals surface area contributed by atoms with Crippen molar-refractivity contribution in [2.75, 3.05) is 6.54 Å². The van der Waals surface area contributed by atoms with E-state index in [1.807, 2.05) is 11.3 Å². The molecule has 1 aromatic carbocycles. The number of hydrogen-bond donors (Lipinski definition) is 1. The lowest BCUT2D eigenvalue weighted by Crippen LogP contribution is -2.24. The lowest BCUT2D eigenvalue weighted by Gasteiger charge is -2.22. The summed E-state index contributed by atoms with van der Waals surface area (Å²) in [6.07, 6.45) is 1.05. The van der Waals surface area contributed by atoms with E-state index in [1.54, 1.807) is 0 Å². The Morgan fingerprint density at radius 3 is 2.47 bits per heavy atom. The fourth-order valence-electron chi connectivity index (χ4n) is 2.56. The Labute approximate surface area is 128 Å². The quantitative estimate of drug-likeness (QED) is 0.807. The molecule has 1 heterocycles. The standard InChI is InChI=1S/C16H20BrNS/c1-4-18-15(9-14-8-13(17)10-19-14)16-11(2)6-5-7-12(16)3/h5-8,10,15,18H,4,9H2,1-3H3. The van der Waals surface area contributed by atoms with Crippen LogP contribution in [0.5, 0.6) is 0 Å². The highest BCUT2D eigenvalue weighted by Crippen LogP contribution is 2.28. The van der Waals surface area contributed by atoms with Crippen molar-refractivity contribution in [3.05, 3.63) is 55.7 Å². The third-order valence-corrected chi connectivity index (χ3v) is 5.09. The summed E-state index contributed by atoms with van der Waals surface area (Å²) in [5, 5.41) is 5.79. The Hall–Kier alpha value is -0.640. The number of likely N-dealkylation sites (N-methyl/N-ethyl adjacent to an activating group) is 1. The molecule has 102 valence electrons. The van der Waals surface area contributed by atoms with Crippen LogP contribution in [0.25, 0.3) is 0 Å². The van der Waals surface area contributed by atoms with Crippen molar-refractivity contribution in [3.63, 3.8) is 0 Å². The Bertz CT molecular complexity index is 527. The molecule has 0 radical (unpaired) electrons. The van der Waals surface area contributed by atoms with Gasteiger partial charge >= 0.3 is 0 Å². The fourth-order valence-corrected chi connectivity index (χ4v) is 4.06. The lowest BCUT2D eigenvalue weighted by atomic mass is 9.93. The number of benzene rings is 1. The third kappa shape index (κ3) is 3.68. The fraction of sp³-hybridized carbons (Fsp3) is 0.375. The molecule has 0 aliphatic carbocycles. The number of thiophene rings is 1. The first-order valence-electron chi connectivity index (χ1n) is 6.64. The van der Waals surface area contributed by atoms with Crippen molar-refractivity contribution in [2.45, 2.75) is 33.2 Å². The maximum atomic E-state index is 3.63. The molecular weight excluding hydrogens is 318 g/mol. The highest BCUT2D eigenvalue weighted by molar-refractivity contribution is 9.10. The summed E-state index contributed by atoms with van der Waals surface area (Å²) in [5.41, 5.74) is 4.21. The van der Waals surface area contributed by atoms with Gasteiger partial charge < -0.3 is 5.32 Å². The van der Waals surface area contributed by atoms with Gasteiger partial charge in [-0.3, -0.25) is 0 Å². The van der Waals surface area contributed by atoms with Crippen LogP contribution in [-0.4, -0.2) is 6.54 Å². The molecule has 1 N–H and O–H groups in total. The average Bonchev–Trinajstić information content (AvgIpc) is 2.75. The predicted octanol–water partition coefficient (Wildman–Crippen LogP) is 5.02. The zero-order chi connectivity index (χ0) is 13.8. The van der Waals surface area contributed by atoms with Crippen LogP contribution in [0.1, 0.15) is 34.5 Å². The summed E-state index contributed by atoms with van der Waals surface area (Å²) in [7, 11) is 0. The Morgan fingerprint density at radius 2 is 1.95 bits per heavy atom. The monoisotopic (exact) mass is 337 g/mol. The molecule has 0 saturated heterocycles. The second-order valence-corrected chi connectivity index (χ2v) is 6.76. The van der Waals surface area contributed by atoms with Gasteiger partial charge in [0.25, 0.3) is 0 Å². The molecule has 0 bridgehead atoms. The van der Waals surface area contributed by atoms with Gasteiger partial charge in [0.1, 0.15) is 0 Å². The number of halogens is 1. The van der Waals surface area contributed by atoms with E-state index in [0.717, 1.165) is 13.0 Å². The van der Waals surface area contributed by atoms with Crippen LogP contribution in [0, 0.1) is 13.8 Å². The van der Waals surface area contributed by atoms with Crippen molar-refractivity contribution in [2.24, 2.45) is 0 Å². The summed E-state index contributed by atoms with van der Waals surface area (Å²) in [5.74, 6) is 0. The van der Waals surface area contributed by atoms with Crippen LogP contribution in [0.3, 0.4) is 0 Å². The summed E-state index contributed by atoms with van der Waals surface area (Å²) >= 11 is 5.36. The predicted molar refractivity (Wildman–Crippen MR) is 88.1 cm³/mol. The van der Waals surface area contributed by atoms with Crippen molar-refractivity contribution in [1.29, 1.82) is 0 Å².